The molecule has 75 heavy (non-hydrogen) atoms. The molecule has 2 aliphatic carbocycles. The first kappa shape index (κ1) is 44.2. The Kier molecular flexibility index (Phi) is 10.7. The average Bonchev–Trinajstić information content (AvgIpc) is 4.06. The van der Waals surface area contributed by atoms with Gasteiger partial charge in [0.1, 0.15) is 0 Å². The summed E-state index contributed by atoms with van der Waals surface area (Å²) in [5.41, 5.74) is 24.5. The van der Waals surface area contributed by atoms with Gasteiger partial charge in [0.2, 0.25) is 0 Å². The Morgan fingerprint density at radius 1 is 0.187 bits per heavy atom. The highest BCUT2D eigenvalue weighted by Gasteiger charge is 2.48. The van der Waals surface area contributed by atoms with Gasteiger partial charge in [-0.2, -0.15) is 0 Å². The van der Waals surface area contributed by atoms with Crippen molar-refractivity contribution < 1.29 is 0 Å². The summed E-state index contributed by atoms with van der Waals surface area (Å²) in [6, 6.07) is 114. The lowest BCUT2D eigenvalue weighted by atomic mass is 9.67. The number of hydrogen-bond acceptors (Lipinski definition) is 1. The molecule has 1 heteroatoms. The van der Waals surface area contributed by atoms with Crippen LogP contribution < -0.4 is 4.90 Å². The van der Waals surface area contributed by atoms with Crippen LogP contribution >= 0.6 is 0 Å². The lowest BCUT2D eigenvalue weighted by molar-refractivity contribution is 0.768. The fourth-order valence-electron chi connectivity index (χ4n) is 12.8. The van der Waals surface area contributed by atoms with Crippen LogP contribution in [0.2, 0.25) is 0 Å². The van der Waals surface area contributed by atoms with Crippen LogP contribution in [0.1, 0.15) is 44.5 Å². The van der Waals surface area contributed by atoms with Gasteiger partial charge in [0, 0.05) is 17.1 Å². The Morgan fingerprint density at radius 2 is 0.467 bits per heavy atom. The van der Waals surface area contributed by atoms with Gasteiger partial charge in [0.25, 0.3) is 0 Å². The molecule has 0 bridgehead atoms. The van der Waals surface area contributed by atoms with Crippen molar-refractivity contribution in [3.8, 4) is 55.6 Å². The van der Waals surface area contributed by atoms with E-state index in [-0.39, 0.29) is 0 Å². The molecule has 0 heterocycles. The lowest BCUT2D eigenvalue weighted by Crippen LogP contribution is -2.28. The van der Waals surface area contributed by atoms with Gasteiger partial charge in [-0.05, 0) is 155 Å². The molecule has 0 spiro atoms. The van der Waals surface area contributed by atoms with Crippen molar-refractivity contribution in [3.05, 3.63) is 354 Å². The van der Waals surface area contributed by atoms with Gasteiger partial charge in [-0.1, -0.05) is 255 Å². The van der Waals surface area contributed by atoms with Gasteiger partial charge < -0.3 is 4.90 Å². The molecule has 0 aromatic heterocycles. The summed E-state index contributed by atoms with van der Waals surface area (Å²) in [7, 11) is 0. The molecule has 352 valence electrons. The summed E-state index contributed by atoms with van der Waals surface area (Å²) in [5, 5.41) is 0. The molecular formula is C74H51N. The molecule has 0 fully saturated rings. The van der Waals surface area contributed by atoms with E-state index in [4.69, 9.17) is 0 Å². The number of hydrogen-bond donors (Lipinski definition) is 0. The van der Waals surface area contributed by atoms with Crippen molar-refractivity contribution >= 4 is 17.1 Å². The minimum atomic E-state index is -0.498. The minimum absolute atomic E-state index is 0.498. The van der Waals surface area contributed by atoms with Gasteiger partial charge in [0.15, 0.2) is 0 Å². The normalized spacial score (nSPS) is 13.3. The number of fused-ring (bicyclic) bond motifs is 6. The highest BCUT2D eigenvalue weighted by atomic mass is 15.1. The van der Waals surface area contributed by atoms with Crippen LogP contribution in [-0.2, 0) is 10.8 Å². The van der Waals surface area contributed by atoms with E-state index in [0.29, 0.717) is 0 Å². The van der Waals surface area contributed by atoms with Crippen LogP contribution in [0.5, 0.6) is 0 Å². The van der Waals surface area contributed by atoms with E-state index in [2.05, 4.69) is 314 Å². The monoisotopic (exact) mass is 953 g/mol. The zero-order valence-corrected chi connectivity index (χ0v) is 41.4. The van der Waals surface area contributed by atoms with E-state index in [1.807, 2.05) is 0 Å². The zero-order valence-electron chi connectivity index (χ0n) is 41.4. The van der Waals surface area contributed by atoms with Gasteiger partial charge >= 0.3 is 0 Å². The Balaban J connectivity index is 0.979. The quantitative estimate of drug-likeness (QED) is 0.132. The number of anilines is 3. The molecule has 0 N–H and O–H groups in total. The number of rotatable bonds is 10. The van der Waals surface area contributed by atoms with Gasteiger partial charge in [0.05, 0.1) is 10.8 Å². The summed E-state index contributed by atoms with van der Waals surface area (Å²) < 4.78 is 0. The summed E-state index contributed by atoms with van der Waals surface area (Å²) in [6.07, 6.45) is 0. The van der Waals surface area contributed by atoms with E-state index in [1.165, 1.54) is 94.6 Å². The number of nitrogens with zero attached hydrogens (tertiary/aromatic N) is 1. The topological polar surface area (TPSA) is 3.24 Å². The molecule has 12 aromatic rings. The average molecular weight is 954 g/mol. The predicted octanol–water partition coefficient (Wildman–Crippen LogP) is 18.9. The first-order valence-corrected chi connectivity index (χ1v) is 26.1. The third kappa shape index (κ3) is 7.08. The van der Waals surface area contributed by atoms with Crippen LogP contribution in [-0.4, -0.2) is 0 Å². The van der Waals surface area contributed by atoms with Crippen molar-refractivity contribution in [3.63, 3.8) is 0 Å². The maximum atomic E-state index is 2.47. The first-order valence-electron chi connectivity index (χ1n) is 26.1. The van der Waals surface area contributed by atoms with Gasteiger partial charge in [-0.15, -0.1) is 0 Å². The molecule has 0 radical (unpaired) electrons. The van der Waals surface area contributed by atoms with E-state index in [0.717, 1.165) is 22.6 Å². The van der Waals surface area contributed by atoms with Gasteiger partial charge in [-0.25, -0.2) is 0 Å². The first-order chi connectivity index (χ1) is 37.2. The second kappa shape index (κ2) is 18.2. The second-order valence-corrected chi connectivity index (χ2v) is 19.9. The molecule has 0 atom stereocenters. The van der Waals surface area contributed by atoms with Crippen molar-refractivity contribution in [2.24, 2.45) is 0 Å². The highest BCUT2D eigenvalue weighted by Crippen LogP contribution is 2.59. The highest BCUT2D eigenvalue weighted by molar-refractivity contribution is 5.93. The van der Waals surface area contributed by atoms with Crippen LogP contribution in [0.25, 0.3) is 55.6 Å². The maximum absolute atomic E-state index is 2.47. The summed E-state index contributed by atoms with van der Waals surface area (Å²) in [4.78, 5) is 2.47. The van der Waals surface area contributed by atoms with Gasteiger partial charge in [-0.3, -0.25) is 0 Å². The van der Waals surface area contributed by atoms with Crippen molar-refractivity contribution in [2.45, 2.75) is 10.8 Å². The minimum Gasteiger partial charge on any atom is -0.310 e. The van der Waals surface area contributed by atoms with E-state index >= 15 is 0 Å². The number of benzene rings is 12. The molecule has 1 nitrogen and oxygen atoms in total. The Morgan fingerprint density at radius 3 is 0.827 bits per heavy atom. The van der Waals surface area contributed by atoms with E-state index < -0.39 is 10.8 Å². The van der Waals surface area contributed by atoms with Crippen molar-refractivity contribution in [2.75, 3.05) is 4.90 Å². The van der Waals surface area contributed by atoms with Crippen molar-refractivity contribution in [1.29, 1.82) is 0 Å². The van der Waals surface area contributed by atoms with Crippen molar-refractivity contribution in [1.82, 2.24) is 0 Å². The molecule has 0 saturated heterocycles. The second-order valence-electron chi connectivity index (χ2n) is 19.9. The molecule has 12 aromatic carbocycles. The SMILES string of the molecule is c1ccc(-c2cc(-c3ccccc3)cc(-c3ccc(N(c4ccc5c(c4)-c4ccccc4C5(c4ccccc4)c4ccccc4)c4ccc5c(c4)-c4ccccc4C5(c4ccccc4)c4ccccc4)cc3)c2)cc1. The maximum Gasteiger partial charge on any atom is 0.0713 e. The summed E-state index contributed by atoms with van der Waals surface area (Å²) >= 11 is 0. The largest absolute Gasteiger partial charge is 0.310 e. The third-order valence-corrected chi connectivity index (χ3v) is 16.0. The predicted molar refractivity (Wildman–Crippen MR) is 312 cm³/mol. The fraction of sp³-hybridized carbons (Fsp3) is 0.0270. The summed E-state index contributed by atoms with van der Waals surface area (Å²) in [6.45, 7) is 0. The smallest absolute Gasteiger partial charge is 0.0713 e. The van der Waals surface area contributed by atoms with Crippen LogP contribution in [0.15, 0.2) is 309 Å². The molecule has 0 unspecified atom stereocenters. The molecular weight excluding hydrogens is 903 g/mol. The molecule has 0 aliphatic heterocycles. The lowest BCUT2D eigenvalue weighted by Gasteiger charge is -2.34. The Bertz CT molecular complexity index is 3700. The zero-order chi connectivity index (χ0) is 49.8. The van der Waals surface area contributed by atoms with E-state index in [1.54, 1.807) is 0 Å². The Labute approximate surface area is 440 Å². The van der Waals surface area contributed by atoms with Crippen LogP contribution in [0, 0.1) is 0 Å². The van der Waals surface area contributed by atoms with Crippen LogP contribution in [0.4, 0.5) is 17.1 Å². The standard InChI is InChI=1S/C74H51N/c1-7-23-52(24-8-1)55-47-56(53-25-9-2-10-26-53)49-57(48-55)54-39-41-62(42-40-54)75(63-43-45-71-67(50-63)65-35-19-21-37-69(65)73(71,58-27-11-3-12-28-58)59-29-13-4-14-30-59)64-44-46-72-68(51-64)66-36-20-22-38-70(66)74(72,60-31-15-5-16-32-60)61-33-17-6-18-34-61/h1-51H. The summed E-state index contributed by atoms with van der Waals surface area (Å²) in [5.74, 6) is 0. The fourth-order valence-corrected chi connectivity index (χ4v) is 12.8. The third-order valence-electron chi connectivity index (χ3n) is 16.0. The molecule has 2 aliphatic rings. The molecule has 0 amide bonds. The van der Waals surface area contributed by atoms with Crippen LogP contribution in [0.3, 0.4) is 0 Å². The molecule has 0 saturated carbocycles. The van der Waals surface area contributed by atoms with E-state index in [9.17, 15) is 0 Å². The molecule has 14 rings (SSSR count). The Hall–Kier alpha value is -9.56.